The Morgan fingerprint density at radius 2 is 1.71 bits per heavy atom. The lowest BCUT2D eigenvalue weighted by atomic mass is 10.1. The van der Waals surface area contributed by atoms with Gasteiger partial charge in [0.25, 0.3) is 11.7 Å². The molecule has 0 atom stereocenters. The van der Waals surface area contributed by atoms with Crippen molar-refractivity contribution in [1.82, 2.24) is 0 Å². The molecular formula is C15H19NO5. The van der Waals surface area contributed by atoms with E-state index in [2.05, 4.69) is 0 Å². The summed E-state index contributed by atoms with van der Waals surface area (Å²) in [6.07, 6.45) is 1.74. The lowest BCUT2D eigenvalue weighted by Crippen LogP contribution is -2.30. The van der Waals surface area contributed by atoms with Gasteiger partial charge >= 0.3 is 0 Å². The highest BCUT2D eigenvalue weighted by Crippen LogP contribution is 2.47. The average molecular weight is 293 g/mol. The van der Waals surface area contributed by atoms with Gasteiger partial charge in [0.15, 0.2) is 11.5 Å². The molecule has 1 amide bonds. The second-order valence-electron chi connectivity index (χ2n) is 4.68. The number of carbonyl (C=O) groups is 2. The maximum absolute atomic E-state index is 12.3. The number of Topliss-reactive ketones (excluding diaryl/α,β-unsaturated/α-hetero) is 1. The van der Waals surface area contributed by atoms with Crippen LogP contribution in [0.4, 0.5) is 5.69 Å². The molecule has 0 aromatic heterocycles. The van der Waals surface area contributed by atoms with Gasteiger partial charge in [-0.25, -0.2) is 0 Å². The Labute approximate surface area is 123 Å². The first-order chi connectivity index (χ1) is 10.1. The molecule has 0 saturated heterocycles. The topological polar surface area (TPSA) is 65.1 Å². The molecule has 0 saturated carbocycles. The van der Waals surface area contributed by atoms with Crippen LogP contribution in [-0.2, 0) is 4.79 Å². The molecule has 6 nitrogen and oxygen atoms in total. The van der Waals surface area contributed by atoms with Crippen LogP contribution in [0.1, 0.15) is 30.1 Å². The van der Waals surface area contributed by atoms with E-state index in [1.54, 1.807) is 6.07 Å². The summed E-state index contributed by atoms with van der Waals surface area (Å²) in [5.41, 5.74) is 0.768. The van der Waals surface area contributed by atoms with Crippen LogP contribution in [0.3, 0.4) is 0 Å². The Morgan fingerprint density at radius 3 is 2.24 bits per heavy atom. The summed E-state index contributed by atoms with van der Waals surface area (Å²) in [4.78, 5) is 25.9. The summed E-state index contributed by atoms with van der Waals surface area (Å²) in [6.45, 7) is 2.52. The molecule has 21 heavy (non-hydrogen) atoms. The number of unbranched alkanes of at least 4 members (excludes halogenated alkanes) is 1. The normalized spacial score (nSPS) is 13.4. The van der Waals surface area contributed by atoms with E-state index in [0.29, 0.717) is 23.7 Å². The summed E-state index contributed by atoms with van der Waals surface area (Å²) in [5.74, 6) is -0.121. The van der Waals surface area contributed by atoms with Crippen molar-refractivity contribution in [3.63, 3.8) is 0 Å². The van der Waals surface area contributed by atoms with E-state index >= 15 is 0 Å². The highest BCUT2D eigenvalue weighted by atomic mass is 16.5. The van der Waals surface area contributed by atoms with Crippen LogP contribution in [0.5, 0.6) is 17.2 Å². The molecule has 1 aliphatic heterocycles. The van der Waals surface area contributed by atoms with E-state index < -0.39 is 11.7 Å². The van der Waals surface area contributed by atoms with Crippen molar-refractivity contribution in [1.29, 1.82) is 0 Å². The van der Waals surface area contributed by atoms with Gasteiger partial charge in [-0.05, 0) is 6.42 Å². The monoisotopic (exact) mass is 293 g/mol. The molecule has 1 heterocycles. The van der Waals surface area contributed by atoms with Crippen molar-refractivity contribution in [2.45, 2.75) is 19.8 Å². The summed E-state index contributed by atoms with van der Waals surface area (Å²) in [7, 11) is 4.39. The lowest BCUT2D eigenvalue weighted by Gasteiger charge is -2.19. The summed E-state index contributed by atoms with van der Waals surface area (Å²) in [5, 5.41) is 0. The number of ketones is 1. The number of hydrogen-bond donors (Lipinski definition) is 0. The van der Waals surface area contributed by atoms with Crippen LogP contribution in [0.25, 0.3) is 0 Å². The predicted octanol–water partition coefficient (Wildman–Crippen LogP) is 2.04. The number of rotatable bonds is 6. The van der Waals surface area contributed by atoms with E-state index in [0.717, 1.165) is 12.8 Å². The van der Waals surface area contributed by atoms with Gasteiger partial charge in [-0.3, -0.25) is 9.59 Å². The molecule has 1 aromatic carbocycles. The molecule has 0 fully saturated rings. The third-order valence-electron chi connectivity index (χ3n) is 3.50. The number of hydrogen-bond acceptors (Lipinski definition) is 5. The van der Waals surface area contributed by atoms with Crippen LogP contribution in [0.15, 0.2) is 6.07 Å². The standard InChI is InChI=1S/C15H19NO5/c1-5-6-7-16-9-8-10(19-2)13(20-3)14(21-4)11(9)12(17)15(16)18/h8H,5-7H2,1-4H3. The van der Waals surface area contributed by atoms with E-state index in [1.165, 1.54) is 26.2 Å². The van der Waals surface area contributed by atoms with Gasteiger partial charge in [-0.2, -0.15) is 0 Å². The fourth-order valence-corrected chi connectivity index (χ4v) is 2.45. The van der Waals surface area contributed by atoms with Crippen molar-refractivity contribution >= 4 is 17.4 Å². The summed E-state index contributed by atoms with van der Waals surface area (Å²) >= 11 is 0. The van der Waals surface area contributed by atoms with Gasteiger partial charge in [-0.15, -0.1) is 0 Å². The molecule has 114 valence electrons. The number of methoxy groups -OCH3 is 3. The Kier molecular flexibility index (Phi) is 4.35. The minimum absolute atomic E-state index is 0.240. The molecule has 0 unspecified atom stereocenters. The predicted molar refractivity (Wildman–Crippen MR) is 77.7 cm³/mol. The van der Waals surface area contributed by atoms with Crippen molar-refractivity contribution in [3.05, 3.63) is 11.6 Å². The first kappa shape index (κ1) is 15.2. The SMILES string of the molecule is CCCCN1C(=O)C(=O)c2c1cc(OC)c(OC)c2OC. The number of nitrogens with zero attached hydrogens (tertiary/aromatic N) is 1. The van der Waals surface area contributed by atoms with Crippen molar-refractivity contribution < 1.29 is 23.8 Å². The lowest BCUT2D eigenvalue weighted by molar-refractivity contribution is -0.114. The maximum atomic E-state index is 12.3. The van der Waals surface area contributed by atoms with Crippen molar-refractivity contribution in [3.8, 4) is 17.2 Å². The van der Waals surface area contributed by atoms with Crippen LogP contribution in [0, 0.1) is 0 Å². The molecule has 6 heteroatoms. The third kappa shape index (κ3) is 2.30. The zero-order chi connectivity index (χ0) is 15.6. The molecule has 0 N–H and O–H groups in total. The van der Waals surface area contributed by atoms with Gasteiger partial charge in [0.2, 0.25) is 5.75 Å². The van der Waals surface area contributed by atoms with E-state index in [-0.39, 0.29) is 11.3 Å². The van der Waals surface area contributed by atoms with Crippen molar-refractivity contribution in [2.75, 3.05) is 32.8 Å². The van der Waals surface area contributed by atoms with Crippen LogP contribution >= 0.6 is 0 Å². The smallest absolute Gasteiger partial charge is 0.299 e. The van der Waals surface area contributed by atoms with Crippen LogP contribution in [-0.4, -0.2) is 39.6 Å². The number of carbonyl (C=O) groups excluding carboxylic acids is 2. The van der Waals surface area contributed by atoms with Crippen LogP contribution < -0.4 is 19.1 Å². The van der Waals surface area contributed by atoms with E-state index in [9.17, 15) is 9.59 Å². The second-order valence-corrected chi connectivity index (χ2v) is 4.68. The molecule has 0 aliphatic carbocycles. The Balaban J connectivity index is 2.63. The number of anilines is 1. The van der Waals surface area contributed by atoms with Gasteiger partial charge in [0.1, 0.15) is 0 Å². The minimum atomic E-state index is -0.570. The van der Waals surface area contributed by atoms with E-state index in [1.807, 2.05) is 6.92 Å². The Morgan fingerprint density at radius 1 is 1.05 bits per heavy atom. The number of benzene rings is 1. The maximum Gasteiger partial charge on any atom is 0.299 e. The quantitative estimate of drug-likeness (QED) is 0.751. The van der Waals surface area contributed by atoms with Gasteiger partial charge < -0.3 is 19.1 Å². The van der Waals surface area contributed by atoms with Crippen LogP contribution in [0.2, 0.25) is 0 Å². The summed E-state index contributed by atoms with van der Waals surface area (Å²) < 4.78 is 15.8. The largest absolute Gasteiger partial charge is 0.493 e. The molecule has 0 radical (unpaired) electrons. The summed E-state index contributed by atoms with van der Waals surface area (Å²) in [6, 6.07) is 1.65. The molecule has 0 bridgehead atoms. The molecule has 1 aromatic rings. The average Bonchev–Trinajstić information content (AvgIpc) is 2.74. The van der Waals surface area contributed by atoms with Gasteiger partial charge in [0.05, 0.1) is 32.6 Å². The zero-order valence-corrected chi connectivity index (χ0v) is 12.7. The first-order valence-corrected chi connectivity index (χ1v) is 6.79. The first-order valence-electron chi connectivity index (χ1n) is 6.79. The molecule has 1 aliphatic rings. The highest BCUT2D eigenvalue weighted by Gasteiger charge is 2.40. The molecule has 2 rings (SSSR count). The second kappa shape index (κ2) is 6.03. The minimum Gasteiger partial charge on any atom is -0.493 e. The Bertz CT molecular complexity index is 582. The van der Waals surface area contributed by atoms with Crippen molar-refractivity contribution in [2.24, 2.45) is 0 Å². The molecular weight excluding hydrogens is 274 g/mol. The van der Waals surface area contributed by atoms with E-state index in [4.69, 9.17) is 14.2 Å². The third-order valence-corrected chi connectivity index (χ3v) is 3.50. The molecule has 0 spiro atoms. The number of amides is 1. The van der Waals surface area contributed by atoms with Gasteiger partial charge in [0, 0.05) is 12.6 Å². The fourth-order valence-electron chi connectivity index (χ4n) is 2.45. The Hall–Kier alpha value is -2.24. The number of fused-ring (bicyclic) bond motifs is 1. The fraction of sp³-hybridized carbons (Fsp3) is 0.467. The highest BCUT2D eigenvalue weighted by molar-refractivity contribution is 6.53. The number of ether oxygens (including phenoxy) is 3. The zero-order valence-electron chi connectivity index (χ0n) is 12.7. The van der Waals surface area contributed by atoms with Gasteiger partial charge in [-0.1, -0.05) is 13.3 Å².